The van der Waals surface area contributed by atoms with E-state index < -0.39 is 0 Å². The topological polar surface area (TPSA) is 57.8 Å². The van der Waals surface area contributed by atoms with Gasteiger partial charge in [0.1, 0.15) is 5.82 Å². The number of fused-ring (bicyclic) bond motifs is 1. The summed E-state index contributed by atoms with van der Waals surface area (Å²) in [5, 5.41) is 3.05. The molecule has 1 amide bonds. The molecule has 0 aliphatic carbocycles. The van der Waals surface area contributed by atoms with Crippen molar-refractivity contribution in [3.05, 3.63) is 30.1 Å². The molecule has 2 unspecified atom stereocenters. The first-order chi connectivity index (χ1) is 9.24. The molecule has 2 N–H and O–H groups in total. The highest BCUT2D eigenvalue weighted by atomic mass is 32.2. The van der Waals surface area contributed by atoms with E-state index >= 15 is 0 Å². The summed E-state index contributed by atoms with van der Waals surface area (Å²) < 4.78 is 0. The number of amides is 1. The Labute approximate surface area is 116 Å². The van der Waals surface area contributed by atoms with E-state index in [4.69, 9.17) is 0 Å². The van der Waals surface area contributed by atoms with Crippen LogP contribution in [0.15, 0.2) is 24.3 Å². The van der Waals surface area contributed by atoms with Crippen molar-refractivity contribution < 1.29 is 4.79 Å². The second-order valence-corrected chi connectivity index (χ2v) is 6.08. The molecule has 0 spiro atoms. The Morgan fingerprint density at radius 1 is 1.53 bits per heavy atom. The van der Waals surface area contributed by atoms with Crippen LogP contribution in [0.1, 0.15) is 25.2 Å². The maximum Gasteiger partial charge on any atom is 0.224 e. The van der Waals surface area contributed by atoms with Crippen LogP contribution in [-0.4, -0.2) is 27.4 Å². The van der Waals surface area contributed by atoms with Crippen LogP contribution in [-0.2, 0) is 4.79 Å². The smallest absolute Gasteiger partial charge is 0.224 e. The molecule has 2 aromatic rings. The number of H-pyrrole nitrogens is 1. The SMILES string of the molecule is CC(NC(=O)C1CCSC1)c1nc2ccccc2[nH]1. The van der Waals surface area contributed by atoms with E-state index in [9.17, 15) is 4.79 Å². The van der Waals surface area contributed by atoms with Gasteiger partial charge in [0, 0.05) is 11.7 Å². The van der Waals surface area contributed by atoms with Crippen LogP contribution in [0.5, 0.6) is 0 Å². The van der Waals surface area contributed by atoms with Gasteiger partial charge < -0.3 is 10.3 Å². The summed E-state index contributed by atoms with van der Waals surface area (Å²) in [7, 11) is 0. The zero-order valence-corrected chi connectivity index (χ0v) is 11.7. The predicted molar refractivity (Wildman–Crippen MR) is 78.1 cm³/mol. The Balaban J connectivity index is 1.72. The lowest BCUT2D eigenvalue weighted by Crippen LogP contribution is -2.33. The van der Waals surface area contributed by atoms with Crippen LogP contribution < -0.4 is 5.32 Å². The van der Waals surface area contributed by atoms with Gasteiger partial charge in [-0.25, -0.2) is 4.98 Å². The highest BCUT2D eigenvalue weighted by molar-refractivity contribution is 7.99. The number of carbonyl (C=O) groups excluding carboxylic acids is 1. The first-order valence-corrected chi connectivity index (χ1v) is 7.72. The molecule has 2 atom stereocenters. The molecule has 0 bridgehead atoms. The fraction of sp³-hybridized carbons (Fsp3) is 0.429. The number of benzene rings is 1. The fourth-order valence-electron chi connectivity index (χ4n) is 2.32. The lowest BCUT2D eigenvalue weighted by Gasteiger charge is -2.14. The normalized spacial score (nSPS) is 20.6. The van der Waals surface area contributed by atoms with Gasteiger partial charge in [-0.2, -0.15) is 11.8 Å². The number of rotatable bonds is 3. The van der Waals surface area contributed by atoms with Gasteiger partial charge in [0.05, 0.1) is 17.1 Å². The maximum atomic E-state index is 12.1. The third-order valence-electron chi connectivity index (χ3n) is 3.48. The third kappa shape index (κ3) is 2.61. The van der Waals surface area contributed by atoms with Crippen molar-refractivity contribution >= 4 is 28.7 Å². The van der Waals surface area contributed by atoms with Crippen molar-refractivity contribution in [2.24, 2.45) is 5.92 Å². The molecular weight excluding hydrogens is 258 g/mol. The number of nitrogens with one attached hydrogen (secondary N) is 2. The first-order valence-electron chi connectivity index (χ1n) is 6.57. The number of hydrogen-bond acceptors (Lipinski definition) is 3. The Morgan fingerprint density at radius 2 is 2.37 bits per heavy atom. The number of imidazole rings is 1. The fourth-order valence-corrected chi connectivity index (χ4v) is 3.54. The summed E-state index contributed by atoms with van der Waals surface area (Å²) in [6.07, 6.45) is 0.989. The molecule has 1 saturated heterocycles. The van der Waals surface area contributed by atoms with Crippen LogP contribution in [0, 0.1) is 5.92 Å². The molecule has 100 valence electrons. The molecule has 2 heterocycles. The van der Waals surface area contributed by atoms with Gasteiger partial charge in [-0.1, -0.05) is 12.1 Å². The standard InChI is InChI=1S/C14H17N3OS/c1-9(15-14(18)10-6-7-19-8-10)13-16-11-4-2-3-5-12(11)17-13/h2-5,9-10H,6-8H2,1H3,(H,15,18)(H,16,17). The summed E-state index contributed by atoms with van der Waals surface area (Å²) >= 11 is 1.85. The number of carbonyl (C=O) groups is 1. The number of thioether (sulfide) groups is 1. The minimum Gasteiger partial charge on any atom is -0.346 e. The zero-order valence-electron chi connectivity index (χ0n) is 10.8. The average Bonchev–Trinajstić information content (AvgIpc) is 3.07. The van der Waals surface area contributed by atoms with Crippen LogP contribution in [0.4, 0.5) is 0 Å². The van der Waals surface area contributed by atoms with Gasteiger partial charge in [-0.15, -0.1) is 0 Å². The number of nitrogens with zero attached hydrogens (tertiary/aromatic N) is 1. The van der Waals surface area contributed by atoms with Crippen molar-refractivity contribution in [1.82, 2.24) is 15.3 Å². The summed E-state index contributed by atoms with van der Waals surface area (Å²) in [5.41, 5.74) is 1.95. The zero-order chi connectivity index (χ0) is 13.2. The van der Waals surface area contributed by atoms with Crippen LogP contribution in [0.2, 0.25) is 0 Å². The Morgan fingerprint density at radius 3 is 3.11 bits per heavy atom. The number of hydrogen-bond donors (Lipinski definition) is 2. The molecule has 1 aliphatic rings. The van der Waals surface area contributed by atoms with Crippen LogP contribution in [0.25, 0.3) is 11.0 Å². The number of aromatic amines is 1. The maximum absolute atomic E-state index is 12.1. The molecule has 1 fully saturated rings. The molecule has 0 saturated carbocycles. The lowest BCUT2D eigenvalue weighted by atomic mass is 10.1. The van der Waals surface area contributed by atoms with E-state index in [1.54, 1.807) is 0 Å². The highest BCUT2D eigenvalue weighted by Gasteiger charge is 2.25. The minimum absolute atomic E-state index is 0.0782. The summed E-state index contributed by atoms with van der Waals surface area (Å²) in [5.74, 6) is 3.17. The largest absolute Gasteiger partial charge is 0.346 e. The van der Waals surface area contributed by atoms with Crippen molar-refractivity contribution in [2.75, 3.05) is 11.5 Å². The van der Waals surface area contributed by atoms with Crippen LogP contribution >= 0.6 is 11.8 Å². The van der Waals surface area contributed by atoms with Gasteiger partial charge in [-0.05, 0) is 31.2 Å². The molecule has 1 aromatic heterocycles. The Bertz CT molecular complexity index is 556. The monoisotopic (exact) mass is 275 g/mol. The van der Waals surface area contributed by atoms with E-state index in [0.29, 0.717) is 0 Å². The third-order valence-corrected chi connectivity index (χ3v) is 4.64. The summed E-state index contributed by atoms with van der Waals surface area (Å²) in [6.45, 7) is 1.97. The van der Waals surface area contributed by atoms with Crippen LogP contribution in [0.3, 0.4) is 0 Å². The second-order valence-electron chi connectivity index (χ2n) is 4.93. The van der Waals surface area contributed by atoms with Gasteiger partial charge in [-0.3, -0.25) is 4.79 Å². The number of aromatic nitrogens is 2. The Hall–Kier alpha value is -1.49. The molecule has 4 nitrogen and oxygen atoms in total. The summed E-state index contributed by atoms with van der Waals surface area (Å²) in [4.78, 5) is 19.9. The Kier molecular flexibility index (Phi) is 3.46. The first kappa shape index (κ1) is 12.5. The van der Waals surface area contributed by atoms with Gasteiger partial charge >= 0.3 is 0 Å². The molecule has 0 radical (unpaired) electrons. The average molecular weight is 275 g/mol. The quantitative estimate of drug-likeness (QED) is 0.905. The van der Waals surface area contributed by atoms with E-state index in [1.807, 2.05) is 43.0 Å². The summed E-state index contributed by atoms with van der Waals surface area (Å²) in [6, 6.07) is 7.83. The van der Waals surface area contributed by atoms with Crippen molar-refractivity contribution in [3.8, 4) is 0 Å². The van der Waals surface area contributed by atoms with Crippen molar-refractivity contribution in [1.29, 1.82) is 0 Å². The van der Waals surface area contributed by atoms with Crippen molar-refractivity contribution in [3.63, 3.8) is 0 Å². The van der Waals surface area contributed by atoms with Crippen molar-refractivity contribution in [2.45, 2.75) is 19.4 Å². The molecular formula is C14H17N3OS. The van der Waals surface area contributed by atoms with Gasteiger partial charge in [0.25, 0.3) is 0 Å². The minimum atomic E-state index is -0.0782. The van der Waals surface area contributed by atoms with Gasteiger partial charge in [0.15, 0.2) is 0 Å². The molecule has 19 heavy (non-hydrogen) atoms. The second kappa shape index (κ2) is 5.25. The predicted octanol–water partition coefficient (Wildman–Crippen LogP) is 2.49. The van der Waals surface area contributed by atoms with E-state index in [-0.39, 0.29) is 17.9 Å². The molecule has 3 rings (SSSR count). The lowest BCUT2D eigenvalue weighted by molar-refractivity contribution is -0.124. The molecule has 1 aliphatic heterocycles. The molecule has 1 aromatic carbocycles. The van der Waals surface area contributed by atoms with E-state index in [0.717, 1.165) is 34.8 Å². The molecule has 5 heteroatoms. The van der Waals surface area contributed by atoms with Gasteiger partial charge in [0.2, 0.25) is 5.91 Å². The highest BCUT2D eigenvalue weighted by Crippen LogP contribution is 2.24. The van der Waals surface area contributed by atoms with E-state index in [1.165, 1.54) is 0 Å². The van der Waals surface area contributed by atoms with E-state index in [2.05, 4.69) is 15.3 Å². The number of para-hydroxylation sites is 2.